The lowest BCUT2D eigenvalue weighted by atomic mass is 9.33. The maximum Gasteiger partial charge on any atom is 0.0522 e. The predicted molar refractivity (Wildman–Crippen MR) is 170 cm³/mol. The Kier molecular flexibility index (Phi) is 6.59. The molecule has 1 aromatic heterocycles. The van der Waals surface area contributed by atoms with Gasteiger partial charge in [-0.2, -0.15) is 5.10 Å². The highest BCUT2D eigenvalue weighted by Gasteiger charge is 2.70. The summed E-state index contributed by atoms with van der Waals surface area (Å²) in [7, 11) is 2.29. The van der Waals surface area contributed by atoms with Gasteiger partial charge in [-0.1, -0.05) is 46.8 Å². The van der Waals surface area contributed by atoms with Crippen molar-refractivity contribution in [3.05, 3.63) is 29.6 Å². The fraction of sp³-hybridized carbons (Fsp3) is 0.865. The van der Waals surface area contributed by atoms with Crippen molar-refractivity contribution in [1.29, 1.82) is 0 Å². The Morgan fingerprint density at radius 1 is 0.951 bits per heavy atom. The summed E-state index contributed by atoms with van der Waals surface area (Å²) in [6.45, 7) is 24.1. The number of hydrogen-bond donors (Lipinski definition) is 2. The minimum Gasteiger partial charge on any atom is -0.311 e. The lowest BCUT2D eigenvalue weighted by molar-refractivity contribution is -0.219. The van der Waals surface area contributed by atoms with Crippen LogP contribution in [0.2, 0.25) is 0 Å². The molecular formula is C37H60N4. The van der Waals surface area contributed by atoms with Crippen molar-refractivity contribution in [1.82, 2.24) is 20.4 Å². The van der Waals surface area contributed by atoms with E-state index in [1.807, 2.05) is 0 Å². The van der Waals surface area contributed by atoms with E-state index in [1.54, 1.807) is 0 Å². The summed E-state index contributed by atoms with van der Waals surface area (Å²) in [6, 6.07) is 0. The van der Waals surface area contributed by atoms with Crippen molar-refractivity contribution < 1.29 is 0 Å². The molecule has 9 atom stereocenters. The second-order valence-corrected chi connectivity index (χ2v) is 17.6. The quantitative estimate of drug-likeness (QED) is 0.370. The molecule has 1 saturated heterocycles. The van der Waals surface area contributed by atoms with Crippen LogP contribution in [-0.2, 0) is 11.8 Å². The second kappa shape index (κ2) is 9.43. The van der Waals surface area contributed by atoms with Crippen molar-refractivity contribution in [3.8, 4) is 0 Å². The number of rotatable bonds is 4. The van der Waals surface area contributed by atoms with E-state index in [9.17, 15) is 0 Å². The Morgan fingerprint density at radius 3 is 2.44 bits per heavy atom. The molecule has 0 aromatic carbocycles. The number of nitrogens with zero attached hydrogens (tertiary/aromatic N) is 2. The first kappa shape index (κ1) is 28.6. The second-order valence-electron chi connectivity index (χ2n) is 17.6. The van der Waals surface area contributed by atoms with Gasteiger partial charge in [0.05, 0.1) is 6.20 Å². The molecule has 41 heavy (non-hydrogen) atoms. The van der Waals surface area contributed by atoms with Crippen LogP contribution in [0, 0.1) is 51.8 Å². The highest BCUT2D eigenvalue weighted by atomic mass is 15.1. The summed E-state index contributed by atoms with van der Waals surface area (Å²) in [5.41, 5.74) is 6.07. The maximum atomic E-state index is 4.63. The zero-order valence-electron chi connectivity index (χ0n) is 27.5. The van der Waals surface area contributed by atoms with Crippen molar-refractivity contribution >= 4 is 0 Å². The molecule has 0 amide bonds. The lowest BCUT2D eigenvalue weighted by Crippen LogP contribution is -2.68. The topological polar surface area (TPSA) is 44.0 Å². The molecule has 5 aliphatic carbocycles. The molecule has 5 fully saturated rings. The van der Waals surface area contributed by atoms with Crippen molar-refractivity contribution in [2.45, 2.75) is 123 Å². The number of aromatic nitrogens is 2. The van der Waals surface area contributed by atoms with Gasteiger partial charge in [0, 0.05) is 16.6 Å². The largest absolute Gasteiger partial charge is 0.311 e. The van der Waals surface area contributed by atoms with Crippen molar-refractivity contribution in [3.63, 3.8) is 0 Å². The fourth-order valence-corrected chi connectivity index (χ4v) is 13.5. The van der Waals surface area contributed by atoms with Gasteiger partial charge in [-0.3, -0.25) is 5.10 Å². The lowest BCUT2D eigenvalue weighted by Gasteiger charge is -2.72. The number of piperidine rings is 1. The van der Waals surface area contributed by atoms with E-state index < -0.39 is 0 Å². The number of hydrogen-bond acceptors (Lipinski definition) is 3. The van der Waals surface area contributed by atoms with Crippen LogP contribution in [0.5, 0.6) is 0 Å². The normalized spacial score (nSPS) is 47.5. The third-order valence-corrected chi connectivity index (χ3v) is 15.7. The molecule has 2 N–H and O–H groups in total. The summed E-state index contributed by atoms with van der Waals surface area (Å²) in [6.07, 6.45) is 17.2. The third kappa shape index (κ3) is 3.87. The molecule has 6 aliphatic rings. The van der Waals surface area contributed by atoms with Gasteiger partial charge in [0.2, 0.25) is 0 Å². The van der Waals surface area contributed by atoms with Gasteiger partial charge < -0.3 is 10.2 Å². The molecule has 0 spiro atoms. The molecule has 2 heterocycles. The minimum atomic E-state index is 0.175. The van der Waals surface area contributed by atoms with Gasteiger partial charge in [-0.15, -0.1) is 0 Å². The first-order chi connectivity index (χ1) is 19.4. The van der Waals surface area contributed by atoms with Crippen LogP contribution in [0.1, 0.15) is 117 Å². The Bertz CT molecular complexity index is 1180. The van der Waals surface area contributed by atoms with Crippen LogP contribution in [0.4, 0.5) is 0 Å². The van der Waals surface area contributed by atoms with Gasteiger partial charge in [-0.05, 0) is 162 Å². The molecule has 4 nitrogen and oxygen atoms in total. The number of allylic oxidation sites excluding steroid dienone is 1. The number of aromatic amines is 1. The predicted octanol–water partition coefficient (Wildman–Crippen LogP) is 7.76. The van der Waals surface area contributed by atoms with Gasteiger partial charge in [-0.25, -0.2) is 0 Å². The number of nitrogens with one attached hydrogen (secondary N) is 2. The zero-order valence-corrected chi connectivity index (χ0v) is 27.5. The minimum absolute atomic E-state index is 0.175. The fourth-order valence-electron chi connectivity index (χ4n) is 13.5. The summed E-state index contributed by atoms with van der Waals surface area (Å²) >= 11 is 0. The molecule has 0 unspecified atom stereocenters. The van der Waals surface area contributed by atoms with E-state index in [-0.39, 0.29) is 5.41 Å². The SMILES string of the molecule is C=C(C)[C@@H]1CC[C@]2(NCC3CCN(C)CC3)CC[C@]3(C)[C@H](CC[C@@H]4[C@@]5(C)Cc6cn[nH]c6C(C)(C)[C@@H]5CC[C@]43C)[C@@H]12. The molecule has 4 saturated carbocycles. The summed E-state index contributed by atoms with van der Waals surface area (Å²) < 4.78 is 0. The molecular weight excluding hydrogens is 500 g/mol. The van der Waals surface area contributed by atoms with E-state index in [4.69, 9.17) is 0 Å². The number of H-pyrrole nitrogens is 1. The molecule has 1 aromatic rings. The smallest absolute Gasteiger partial charge is 0.0522 e. The van der Waals surface area contributed by atoms with E-state index in [2.05, 4.69) is 81.8 Å². The Hall–Kier alpha value is -1.13. The van der Waals surface area contributed by atoms with Gasteiger partial charge in [0.25, 0.3) is 0 Å². The average molecular weight is 561 g/mol. The Morgan fingerprint density at radius 2 is 1.71 bits per heavy atom. The van der Waals surface area contributed by atoms with E-state index in [0.29, 0.717) is 27.7 Å². The van der Waals surface area contributed by atoms with Crippen LogP contribution in [0.25, 0.3) is 0 Å². The average Bonchev–Trinajstić information content (AvgIpc) is 3.54. The van der Waals surface area contributed by atoms with Crippen LogP contribution >= 0.6 is 0 Å². The summed E-state index contributed by atoms with van der Waals surface area (Å²) in [5, 5.41) is 12.4. The van der Waals surface area contributed by atoms with Crippen molar-refractivity contribution in [2.24, 2.45) is 51.8 Å². The molecule has 1 aliphatic heterocycles. The summed E-state index contributed by atoms with van der Waals surface area (Å²) in [5.74, 6) is 4.64. The molecule has 7 rings (SSSR count). The van der Waals surface area contributed by atoms with Gasteiger partial charge in [0.15, 0.2) is 0 Å². The Balaban J connectivity index is 1.21. The van der Waals surface area contributed by atoms with Crippen LogP contribution in [-0.4, -0.2) is 47.3 Å². The Labute approximate surface area is 251 Å². The highest BCUT2D eigenvalue weighted by molar-refractivity contribution is 5.34. The van der Waals surface area contributed by atoms with Crippen LogP contribution < -0.4 is 5.32 Å². The van der Waals surface area contributed by atoms with Gasteiger partial charge in [0.1, 0.15) is 0 Å². The standard InChI is InChI=1S/C37H60N4/c1-24(2)27-11-16-37(38-22-25-13-19-41(8)20-14-25)18-17-35(6)28(31(27)37)9-10-30-34(5)21-26-23-39-40-32(26)33(3,4)29(34)12-15-36(30,35)7/h23,25,27-31,38H,1,9-22H2,2-8H3,(H,39,40)/t27-,28+,29-,30+,31+,34-,35+,36+,37-/m0/s1. The first-order valence-electron chi connectivity index (χ1n) is 17.5. The van der Waals surface area contributed by atoms with E-state index in [0.717, 1.165) is 29.6 Å². The number of likely N-dealkylation sites (tertiary alicyclic amines) is 1. The number of fused-ring (bicyclic) bond motifs is 8. The zero-order chi connectivity index (χ0) is 29.0. The monoisotopic (exact) mass is 560 g/mol. The first-order valence-corrected chi connectivity index (χ1v) is 17.5. The van der Waals surface area contributed by atoms with E-state index in [1.165, 1.54) is 107 Å². The highest BCUT2D eigenvalue weighted by Crippen LogP contribution is 2.76. The maximum absolute atomic E-state index is 4.63. The van der Waals surface area contributed by atoms with Crippen LogP contribution in [0.15, 0.2) is 18.3 Å². The molecule has 228 valence electrons. The van der Waals surface area contributed by atoms with Crippen LogP contribution in [0.3, 0.4) is 0 Å². The van der Waals surface area contributed by atoms with E-state index >= 15 is 0 Å². The third-order valence-electron chi connectivity index (χ3n) is 15.7. The molecule has 4 heteroatoms. The summed E-state index contributed by atoms with van der Waals surface area (Å²) in [4.78, 5) is 2.52. The molecule has 0 bridgehead atoms. The van der Waals surface area contributed by atoms with Crippen molar-refractivity contribution in [2.75, 3.05) is 26.7 Å². The van der Waals surface area contributed by atoms with Gasteiger partial charge >= 0.3 is 0 Å². The molecule has 0 radical (unpaired) electrons.